The van der Waals surface area contributed by atoms with Gasteiger partial charge in [-0.2, -0.15) is 0 Å². The molecule has 13 nitrogen and oxygen atoms in total. The Morgan fingerprint density at radius 3 is 2.18 bits per heavy atom. The molecule has 0 saturated heterocycles. The average molecular weight is 815 g/mol. The summed E-state index contributed by atoms with van der Waals surface area (Å²) in [5.41, 5.74) is 2.58. The van der Waals surface area contributed by atoms with Crippen LogP contribution in [-0.2, 0) is 52.7 Å². The van der Waals surface area contributed by atoms with E-state index in [1.165, 1.54) is 17.5 Å². The van der Waals surface area contributed by atoms with Crippen molar-refractivity contribution in [2.45, 2.75) is 110 Å². The van der Waals surface area contributed by atoms with E-state index in [1.807, 2.05) is 51.1 Å². The van der Waals surface area contributed by atoms with Crippen molar-refractivity contribution in [1.82, 2.24) is 20.4 Å². The molecule has 1 aliphatic carbocycles. The van der Waals surface area contributed by atoms with Crippen LogP contribution in [0.1, 0.15) is 89.6 Å². The maximum absolute atomic E-state index is 14.8. The maximum atomic E-state index is 14.8. The number of amides is 4. The summed E-state index contributed by atoms with van der Waals surface area (Å²) >= 11 is 5.60. The third-order valence-electron chi connectivity index (χ3n) is 10.1. The fourth-order valence-corrected chi connectivity index (χ4v) is 6.96. The average Bonchev–Trinajstić information content (AvgIpc) is 3.16. The van der Waals surface area contributed by atoms with Gasteiger partial charge in [0.25, 0.3) is 0 Å². The molecule has 0 spiro atoms. The zero-order valence-electron chi connectivity index (χ0n) is 35.0. The third kappa shape index (κ3) is 13.6. The summed E-state index contributed by atoms with van der Waals surface area (Å²) in [6, 6.07) is 10.9. The van der Waals surface area contributed by atoms with Crippen LogP contribution < -0.4 is 15.4 Å². The first-order valence-corrected chi connectivity index (χ1v) is 20.5. The van der Waals surface area contributed by atoms with E-state index in [1.54, 1.807) is 32.6 Å². The van der Waals surface area contributed by atoms with Gasteiger partial charge in [0.05, 0.1) is 45.7 Å². The van der Waals surface area contributed by atoms with Crippen molar-refractivity contribution in [3.63, 3.8) is 0 Å². The predicted molar refractivity (Wildman–Crippen MR) is 218 cm³/mol. The lowest BCUT2D eigenvalue weighted by molar-refractivity contribution is -0.147. The van der Waals surface area contributed by atoms with Gasteiger partial charge in [-0.3, -0.25) is 19.3 Å². The molecule has 0 saturated carbocycles. The Labute approximate surface area is 343 Å². The highest BCUT2D eigenvalue weighted by atomic mass is 35.5. The first-order valence-electron chi connectivity index (χ1n) is 20.0. The van der Waals surface area contributed by atoms with Crippen molar-refractivity contribution in [1.29, 1.82) is 0 Å². The van der Waals surface area contributed by atoms with E-state index in [-0.39, 0.29) is 24.9 Å². The number of benzene rings is 2. The Morgan fingerprint density at radius 2 is 1.53 bits per heavy atom. The number of hydrogen-bond acceptors (Lipinski definition) is 9. The van der Waals surface area contributed by atoms with Gasteiger partial charge in [-0.25, -0.2) is 4.79 Å². The van der Waals surface area contributed by atoms with Gasteiger partial charge in [0.1, 0.15) is 36.1 Å². The first kappa shape index (κ1) is 45.8. The van der Waals surface area contributed by atoms with Gasteiger partial charge in [0.2, 0.25) is 17.7 Å². The van der Waals surface area contributed by atoms with Crippen molar-refractivity contribution >= 4 is 35.4 Å². The standard InChI is InChI=1S/C43H63ClN4O9/c1-29(47(8)41(52)57-43(5,6)7)38(49)46-37(42(2,3)4)40(51)48-28-32-26-33(56-25-24-55-23-22-54-21-20-53-19-18-44)17-16-31(32)27-36(48)39(50)45-35-15-11-13-30-12-9-10-14-34(30)35/h9-10,12,14,16-17,26,29,35-37H,11,13,15,18-25,27-28H2,1-8H3,(H,45,50)(H,46,49)/t29-,35-,36-,37?/m0/s1. The summed E-state index contributed by atoms with van der Waals surface area (Å²) in [6.45, 7) is 15.5. The fraction of sp³-hybridized carbons (Fsp3) is 0.628. The van der Waals surface area contributed by atoms with E-state index < -0.39 is 47.0 Å². The van der Waals surface area contributed by atoms with Crippen LogP contribution in [0, 0.1) is 5.41 Å². The Kier molecular flexibility index (Phi) is 17.0. The molecule has 1 heterocycles. The number of rotatable bonds is 18. The molecule has 2 aromatic carbocycles. The summed E-state index contributed by atoms with van der Waals surface area (Å²) in [7, 11) is 1.49. The number of fused-ring (bicyclic) bond motifs is 2. The Hall–Kier alpha value is -3.91. The quantitative estimate of drug-likeness (QED) is 0.146. The lowest BCUT2D eigenvalue weighted by atomic mass is 9.83. The second-order valence-corrected chi connectivity index (χ2v) is 17.1. The molecule has 0 radical (unpaired) electrons. The number of hydrogen-bond donors (Lipinski definition) is 2. The summed E-state index contributed by atoms with van der Waals surface area (Å²) in [5.74, 6) is -0.109. The molecule has 316 valence electrons. The zero-order valence-corrected chi connectivity index (χ0v) is 35.7. The molecule has 1 aliphatic heterocycles. The van der Waals surface area contributed by atoms with Gasteiger partial charge in [-0.1, -0.05) is 51.1 Å². The molecule has 0 bridgehead atoms. The topological polar surface area (TPSA) is 145 Å². The van der Waals surface area contributed by atoms with Crippen LogP contribution in [0.4, 0.5) is 4.79 Å². The van der Waals surface area contributed by atoms with Crippen LogP contribution in [0.25, 0.3) is 0 Å². The molecule has 2 N–H and O–H groups in total. The molecule has 2 aromatic rings. The van der Waals surface area contributed by atoms with Crippen molar-refractivity contribution in [2.75, 3.05) is 59.2 Å². The van der Waals surface area contributed by atoms with Gasteiger partial charge < -0.3 is 39.2 Å². The number of nitrogens with zero attached hydrogens (tertiary/aromatic N) is 2. The van der Waals surface area contributed by atoms with E-state index in [0.29, 0.717) is 57.9 Å². The highest BCUT2D eigenvalue weighted by molar-refractivity contribution is 6.17. The van der Waals surface area contributed by atoms with Crippen LogP contribution >= 0.6 is 11.6 Å². The predicted octanol–water partition coefficient (Wildman–Crippen LogP) is 5.59. The molecule has 14 heteroatoms. The molecule has 4 rings (SSSR count). The molecule has 2 aliphatic rings. The number of alkyl halides is 1. The molecular weight excluding hydrogens is 752 g/mol. The van der Waals surface area contributed by atoms with Crippen LogP contribution in [0.5, 0.6) is 5.75 Å². The Balaban J connectivity index is 1.51. The van der Waals surface area contributed by atoms with E-state index >= 15 is 0 Å². The van der Waals surface area contributed by atoms with Crippen LogP contribution in [0.3, 0.4) is 0 Å². The number of aryl methyl sites for hydroxylation is 1. The molecule has 4 atom stereocenters. The monoisotopic (exact) mass is 814 g/mol. The number of carbonyl (C=O) groups excluding carboxylic acids is 4. The summed E-state index contributed by atoms with van der Waals surface area (Å²) in [4.78, 5) is 58.5. The fourth-order valence-electron chi connectivity index (χ4n) is 6.85. The van der Waals surface area contributed by atoms with E-state index in [2.05, 4.69) is 22.8 Å². The van der Waals surface area contributed by atoms with Crippen LogP contribution in [0.15, 0.2) is 42.5 Å². The lowest BCUT2D eigenvalue weighted by Gasteiger charge is -2.42. The lowest BCUT2D eigenvalue weighted by Crippen LogP contribution is -2.62. The third-order valence-corrected chi connectivity index (χ3v) is 10.2. The number of likely N-dealkylation sites (N-methyl/N-ethyl adjacent to an activating group) is 1. The van der Waals surface area contributed by atoms with Gasteiger partial charge in [-0.15, -0.1) is 11.6 Å². The molecule has 0 fully saturated rings. The van der Waals surface area contributed by atoms with Crippen molar-refractivity contribution < 1.29 is 42.9 Å². The van der Waals surface area contributed by atoms with E-state index in [9.17, 15) is 19.2 Å². The number of ether oxygens (including phenoxy) is 5. The second kappa shape index (κ2) is 21.2. The molecule has 57 heavy (non-hydrogen) atoms. The largest absolute Gasteiger partial charge is 0.491 e. The van der Waals surface area contributed by atoms with Gasteiger partial charge >= 0.3 is 6.09 Å². The molecule has 4 amide bonds. The summed E-state index contributed by atoms with van der Waals surface area (Å²) < 4.78 is 27.9. The minimum absolute atomic E-state index is 0.128. The maximum Gasteiger partial charge on any atom is 0.410 e. The van der Waals surface area contributed by atoms with Crippen LogP contribution in [-0.4, -0.2) is 117 Å². The minimum Gasteiger partial charge on any atom is -0.491 e. The number of nitrogens with one attached hydrogen (secondary N) is 2. The SMILES string of the molecule is C[C@@H](C(=O)NC(C(=O)N1Cc2cc(OCCOCCOCCOCCCl)ccc2C[C@H]1C(=O)N[C@H]1CCCc2ccccc21)C(C)(C)C)N(C)C(=O)OC(C)(C)C. The Bertz CT molecular complexity index is 1660. The van der Waals surface area contributed by atoms with Crippen LogP contribution in [0.2, 0.25) is 0 Å². The van der Waals surface area contributed by atoms with E-state index in [4.69, 9.17) is 35.3 Å². The molecule has 0 aromatic heterocycles. The number of carbonyl (C=O) groups is 4. The zero-order chi connectivity index (χ0) is 41.8. The smallest absolute Gasteiger partial charge is 0.410 e. The van der Waals surface area contributed by atoms with Crippen molar-refractivity contribution in [3.8, 4) is 5.75 Å². The van der Waals surface area contributed by atoms with Gasteiger partial charge in [-0.05, 0) is 86.8 Å². The van der Waals surface area contributed by atoms with Gasteiger partial charge in [0.15, 0.2) is 0 Å². The summed E-state index contributed by atoms with van der Waals surface area (Å²) in [6.07, 6.45) is 2.32. The Morgan fingerprint density at radius 1 is 0.877 bits per heavy atom. The molecular formula is C43H63ClN4O9. The van der Waals surface area contributed by atoms with Crippen molar-refractivity contribution in [3.05, 3.63) is 64.7 Å². The minimum atomic E-state index is -1.02. The van der Waals surface area contributed by atoms with Crippen molar-refractivity contribution in [2.24, 2.45) is 5.41 Å². The van der Waals surface area contributed by atoms with E-state index in [0.717, 1.165) is 36.0 Å². The molecule has 1 unspecified atom stereocenters. The highest BCUT2D eigenvalue weighted by Gasteiger charge is 2.43. The van der Waals surface area contributed by atoms with Gasteiger partial charge in [0, 0.05) is 25.9 Å². The first-order chi connectivity index (χ1) is 27.0. The number of halogens is 1. The summed E-state index contributed by atoms with van der Waals surface area (Å²) in [5, 5.41) is 6.22. The highest BCUT2D eigenvalue weighted by Crippen LogP contribution is 2.33. The normalized spacial score (nSPS) is 17.7. The second-order valence-electron chi connectivity index (χ2n) is 16.7.